The van der Waals surface area contributed by atoms with Gasteiger partial charge in [0.25, 0.3) is 11.9 Å². The monoisotopic (exact) mass is 501 g/mol. The minimum absolute atomic E-state index is 0.128. The van der Waals surface area contributed by atoms with E-state index in [2.05, 4.69) is 26.1 Å². The second-order valence-electron chi connectivity index (χ2n) is 8.39. The molecule has 2 aromatic rings. The lowest BCUT2D eigenvalue weighted by molar-refractivity contribution is -0.534. The summed E-state index contributed by atoms with van der Waals surface area (Å²) in [4.78, 5) is 28.0. The van der Waals surface area contributed by atoms with Crippen molar-refractivity contribution in [3.8, 4) is 11.5 Å². The number of anilines is 1. The smallest absolute Gasteiger partial charge is 0.256 e. The van der Waals surface area contributed by atoms with Crippen LogP contribution in [0, 0.1) is 10.1 Å². The Morgan fingerprint density at radius 3 is 2.84 bits per heavy atom. The summed E-state index contributed by atoms with van der Waals surface area (Å²) in [6, 6.07) is 9.77. The highest BCUT2D eigenvalue weighted by molar-refractivity contribution is 9.10. The van der Waals surface area contributed by atoms with Crippen molar-refractivity contribution in [3.63, 3.8) is 0 Å². The molecule has 3 heterocycles. The Balaban J connectivity index is 1.72. The molecule has 4 atom stereocenters. The highest BCUT2D eigenvalue weighted by atomic mass is 79.9. The van der Waals surface area contributed by atoms with Crippen LogP contribution in [0.1, 0.15) is 36.8 Å². The number of nitrogens with zero attached hydrogens (tertiary/aromatic N) is 2. The van der Waals surface area contributed by atoms with Crippen LogP contribution in [0.3, 0.4) is 0 Å². The second-order valence-corrected chi connectivity index (χ2v) is 9.25. The molecule has 0 bridgehead atoms. The molecule has 3 aliphatic heterocycles. The van der Waals surface area contributed by atoms with E-state index in [9.17, 15) is 14.9 Å². The SMILES string of the molecule is CCOc1c(Br)cc([C@@H]2[C@@H]3CCCN3[C@]3(C(=O)Nc4ccccc43)[C@@H]2[N+](=O)[O-])cc1OC. The first kappa shape index (κ1) is 21.2. The summed E-state index contributed by atoms with van der Waals surface area (Å²) >= 11 is 3.56. The van der Waals surface area contributed by atoms with Gasteiger partial charge in [-0.2, -0.15) is 0 Å². The maximum Gasteiger partial charge on any atom is 0.256 e. The van der Waals surface area contributed by atoms with Crippen LogP contribution in [0.2, 0.25) is 0 Å². The molecule has 168 valence electrons. The number of carbonyl (C=O) groups excluding carboxylic acids is 1. The summed E-state index contributed by atoms with van der Waals surface area (Å²) in [5.41, 5.74) is 0.786. The first-order chi connectivity index (χ1) is 15.4. The van der Waals surface area contributed by atoms with Gasteiger partial charge in [0.2, 0.25) is 0 Å². The lowest BCUT2D eigenvalue weighted by Gasteiger charge is -2.32. The number of para-hydroxylation sites is 1. The molecule has 2 fully saturated rings. The van der Waals surface area contributed by atoms with Crippen LogP contribution >= 0.6 is 15.9 Å². The van der Waals surface area contributed by atoms with E-state index in [1.165, 1.54) is 0 Å². The first-order valence-electron chi connectivity index (χ1n) is 10.8. The highest BCUT2D eigenvalue weighted by Crippen LogP contribution is 2.58. The normalized spacial score (nSPS) is 28.5. The van der Waals surface area contributed by atoms with Crippen molar-refractivity contribution in [3.05, 3.63) is 62.1 Å². The van der Waals surface area contributed by atoms with Crippen molar-refractivity contribution in [1.82, 2.24) is 4.90 Å². The fourth-order valence-electron chi connectivity index (χ4n) is 5.99. The van der Waals surface area contributed by atoms with E-state index in [1.54, 1.807) is 7.11 Å². The maximum absolute atomic E-state index is 13.5. The Hall–Kier alpha value is -2.65. The van der Waals surface area contributed by atoms with Gasteiger partial charge in [0.1, 0.15) is 0 Å². The second kappa shape index (κ2) is 7.74. The van der Waals surface area contributed by atoms with E-state index in [4.69, 9.17) is 9.47 Å². The minimum atomic E-state index is -1.33. The summed E-state index contributed by atoms with van der Waals surface area (Å²) in [6.45, 7) is 2.99. The van der Waals surface area contributed by atoms with Gasteiger partial charge in [0.05, 0.1) is 24.1 Å². The molecule has 0 aliphatic carbocycles. The number of ether oxygens (including phenoxy) is 2. The van der Waals surface area contributed by atoms with Gasteiger partial charge in [-0.3, -0.25) is 19.8 Å². The lowest BCUT2D eigenvalue weighted by Crippen LogP contribution is -2.55. The molecule has 0 aromatic heterocycles. The van der Waals surface area contributed by atoms with E-state index in [0.717, 1.165) is 18.4 Å². The fraction of sp³-hybridized carbons (Fsp3) is 0.435. The fourth-order valence-corrected chi connectivity index (χ4v) is 6.57. The number of fused-ring (bicyclic) bond motifs is 4. The molecule has 3 aliphatic rings. The van der Waals surface area contributed by atoms with E-state index in [-0.39, 0.29) is 16.9 Å². The zero-order chi connectivity index (χ0) is 22.6. The quantitative estimate of drug-likeness (QED) is 0.492. The molecule has 0 saturated carbocycles. The number of halogens is 1. The van der Waals surface area contributed by atoms with Gasteiger partial charge in [-0.25, -0.2) is 0 Å². The third kappa shape index (κ3) is 2.73. The van der Waals surface area contributed by atoms with Gasteiger partial charge >= 0.3 is 0 Å². The molecule has 0 unspecified atom stereocenters. The number of amides is 1. The number of benzene rings is 2. The molecular formula is C23H24BrN3O5. The van der Waals surface area contributed by atoms with Crippen molar-refractivity contribution in [1.29, 1.82) is 0 Å². The van der Waals surface area contributed by atoms with Crippen LogP contribution in [-0.2, 0) is 10.3 Å². The zero-order valence-corrected chi connectivity index (χ0v) is 19.4. The number of hydrogen-bond donors (Lipinski definition) is 1. The maximum atomic E-state index is 13.5. The molecular weight excluding hydrogens is 478 g/mol. The Labute approximate surface area is 194 Å². The molecule has 5 rings (SSSR count). The summed E-state index contributed by atoms with van der Waals surface area (Å²) in [5, 5.41) is 15.6. The van der Waals surface area contributed by atoms with Crippen LogP contribution in [0.4, 0.5) is 5.69 Å². The Morgan fingerprint density at radius 1 is 1.34 bits per heavy atom. The van der Waals surface area contributed by atoms with Crippen LogP contribution in [-0.4, -0.2) is 48.1 Å². The van der Waals surface area contributed by atoms with Gasteiger partial charge in [0, 0.05) is 28.8 Å². The Bertz CT molecular complexity index is 1110. The van der Waals surface area contributed by atoms with Crippen LogP contribution in [0.5, 0.6) is 11.5 Å². The molecule has 9 heteroatoms. The van der Waals surface area contributed by atoms with Crippen molar-refractivity contribution in [2.75, 3.05) is 25.6 Å². The van der Waals surface area contributed by atoms with Gasteiger partial charge in [0.15, 0.2) is 17.0 Å². The molecule has 1 N–H and O–H groups in total. The first-order valence-corrected chi connectivity index (χ1v) is 11.6. The van der Waals surface area contributed by atoms with Crippen LogP contribution in [0.25, 0.3) is 0 Å². The van der Waals surface area contributed by atoms with Crippen molar-refractivity contribution >= 4 is 27.5 Å². The molecule has 32 heavy (non-hydrogen) atoms. The number of nitro groups is 1. The number of nitrogens with one attached hydrogen (secondary N) is 1. The predicted octanol–water partition coefficient (Wildman–Crippen LogP) is 3.91. The van der Waals surface area contributed by atoms with E-state index in [1.807, 2.05) is 43.3 Å². The molecule has 2 aromatic carbocycles. The lowest BCUT2D eigenvalue weighted by atomic mass is 9.77. The highest BCUT2D eigenvalue weighted by Gasteiger charge is 2.73. The standard InChI is InChI=1S/C23H24BrN3O5/c1-3-32-20-15(24)11-13(12-18(20)31-2)19-17-9-6-10-26(17)23(21(19)27(29)30)14-7-4-5-8-16(14)25-22(23)28/h4-5,7-8,11-12,17,19,21H,3,6,9-10H2,1-2H3,(H,25,28)/t17-,19+,21+,23-/m0/s1. The molecule has 1 spiro atoms. The molecule has 8 nitrogen and oxygen atoms in total. The summed E-state index contributed by atoms with van der Waals surface area (Å²) < 4.78 is 12.0. The van der Waals surface area contributed by atoms with E-state index >= 15 is 0 Å². The minimum Gasteiger partial charge on any atom is -0.493 e. The molecule has 0 radical (unpaired) electrons. The Morgan fingerprint density at radius 2 is 2.12 bits per heavy atom. The third-order valence-corrected chi connectivity index (χ3v) is 7.61. The zero-order valence-electron chi connectivity index (χ0n) is 17.8. The van der Waals surface area contributed by atoms with Gasteiger partial charge < -0.3 is 14.8 Å². The van der Waals surface area contributed by atoms with Crippen molar-refractivity contribution in [2.24, 2.45) is 0 Å². The Kier molecular flexibility index (Phi) is 5.13. The molecule has 1 amide bonds. The topological polar surface area (TPSA) is 93.9 Å². The van der Waals surface area contributed by atoms with Crippen LogP contribution < -0.4 is 14.8 Å². The predicted molar refractivity (Wildman–Crippen MR) is 122 cm³/mol. The molecule has 2 saturated heterocycles. The van der Waals surface area contributed by atoms with Crippen molar-refractivity contribution < 1.29 is 19.2 Å². The number of carbonyl (C=O) groups is 1. The average Bonchev–Trinajstić information content (AvgIpc) is 3.43. The summed E-state index contributed by atoms with van der Waals surface area (Å²) in [6.07, 6.45) is 1.68. The average molecular weight is 502 g/mol. The van der Waals surface area contributed by atoms with E-state index in [0.29, 0.717) is 40.4 Å². The number of hydrogen-bond acceptors (Lipinski definition) is 6. The number of methoxy groups -OCH3 is 1. The van der Waals surface area contributed by atoms with Gasteiger partial charge in [-0.1, -0.05) is 18.2 Å². The number of rotatable bonds is 5. The van der Waals surface area contributed by atoms with Gasteiger partial charge in [-0.05, 0) is 59.5 Å². The van der Waals surface area contributed by atoms with Gasteiger partial charge in [-0.15, -0.1) is 0 Å². The summed E-state index contributed by atoms with van der Waals surface area (Å²) in [5.74, 6) is 0.286. The largest absolute Gasteiger partial charge is 0.493 e. The third-order valence-electron chi connectivity index (χ3n) is 7.02. The van der Waals surface area contributed by atoms with Crippen molar-refractivity contribution in [2.45, 2.75) is 43.3 Å². The van der Waals surface area contributed by atoms with E-state index < -0.39 is 17.5 Å². The van der Waals surface area contributed by atoms with Crippen LogP contribution in [0.15, 0.2) is 40.9 Å². The summed E-state index contributed by atoms with van der Waals surface area (Å²) in [7, 11) is 1.55.